The van der Waals surface area contributed by atoms with E-state index >= 15 is 0 Å². The third-order valence-corrected chi connectivity index (χ3v) is 8.07. The molecule has 0 unspecified atom stereocenters. The van der Waals surface area contributed by atoms with Gasteiger partial charge in [-0.15, -0.1) is 11.8 Å². The molecule has 1 aromatic heterocycles. The van der Waals surface area contributed by atoms with Crippen molar-refractivity contribution in [3.05, 3.63) is 101 Å². The number of nitrogens with one attached hydrogen (secondary N) is 1. The van der Waals surface area contributed by atoms with Crippen LogP contribution in [-0.4, -0.2) is 54.2 Å². The number of benzene rings is 3. The van der Waals surface area contributed by atoms with Crippen LogP contribution in [0.1, 0.15) is 27.5 Å². The largest absolute Gasteiger partial charge is 0.383 e. The molecule has 1 N–H and O–H groups in total. The van der Waals surface area contributed by atoms with E-state index in [1.54, 1.807) is 23.9 Å². The van der Waals surface area contributed by atoms with Crippen LogP contribution in [0.25, 0.3) is 16.9 Å². The summed E-state index contributed by atoms with van der Waals surface area (Å²) in [6, 6.07) is 22.2. The number of thioether (sulfide) groups is 1. The molecule has 0 saturated carbocycles. The number of anilines is 1. The quantitative estimate of drug-likeness (QED) is 0.300. The van der Waals surface area contributed by atoms with E-state index in [2.05, 4.69) is 11.4 Å². The molecule has 0 saturated heterocycles. The Labute approximate surface area is 237 Å². The lowest BCUT2D eigenvalue weighted by Gasteiger charge is -2.24. The molecule has 2 amide bonds. The first kappa shape index (κ1) is 27.6. The fraction of sp³-hybridized carbons (Fsp3) is 0.258. The average Bonchev–Trinajstić information content (AvgIpc) is 3.26. The number of methoxy groups -OCH3 is 1. The molecule has 3 aromatic carbocycles. The number of carbonyl (C=O) groups is 2. The summed E-state index contributed by atoms with van der Waals surface area (Å²) in [5, 5.41) is 7.62. The van der Waals surface area contributed by atoms with Crippen LogP contribution >= 0.6 is 11.8 Å². The number of halogens is 1. The number of rotatable bonds is 8. The molecule has 0 radical (unpaired) electrons. The molecule has 0 spiro atoms. The second-order valence-corrected chi connectivity index (χ2v) is 10.8. The van der Waals surface area contributed by atoms with Crippen molar-refractivity contribution in [1.29, 1.82) is 0 Å². The lowest BCUT2D eigenvalue weighted by atomic mass is 9.99. The first-order valence-electron chi connectivity index (χ1n) is 13.1. The first-order valence-corrected chi connectivity index (χ1v) is 14.1. The number of nitrogens with zero attached hydrogens (tertiary/aromatic N) is 3. The number of carbonyl (C=O) groups excluding carboxylic acids is 2. The van der Waals surface area contributed by atoms with Crippen molar-refractivity contribution in [2.45, 2.75) is 19.1 Å². The lowest BCUT2D eigenvalue weighted by Crippen LogP contribution is -2.43. The highest BCUT2D eigenvalue weighted by molar-refractivity contribution is 8.00. The molecule has 1 aliphatic rings. The summed E-state index contributed by atoms with van der Waals surface area (Å²) in [6.07, 6.45) is 0. The van der Waals surface area contributed by atoms with Crippen molar-refractivity contribution < 1.29 is 18.7 Å². The second-order valence-electron chi connectivity index (χ2n) is 9.72. The van der Waals surface area contributed by atoms with Crippen molar-refractivity contribution in [1.82, 2.24) is 15.1 Å². The lowest BCUT2D eigenvalue weighted by molar-refractivity contribution is -0.123. The predicted octanol–water partition coefficient (Wildman–Crippen LogP) is 5.23. The minimum absolute atomic E-state index is 0.142. The fourth-order valence-corrected chi connectivity index (χ4v) is 6.13. The molecule has 0 bridgehead atoms. The summed E-state index contributed by atoms with van der Waals surface area (Å²) in [5.41, 5.74) is 6.14. The van der Waals surface area contributed by atoms with Crippen LogP contribution in [0, 0.1) is 19.7 Å². The molecule has 0 fully saturated rings. The maximum absolute atomic E-state index is 13.9. The predicted molar refractivity (Wildman–Crippen MR) is 156 cm³/mol. The molecule has 0 aliphatic carbocycles. The van der Waals surface area contributed by atoms with Gasteiger partial charge in [-0.1, -0.05) is 60.2 Å². The summed E-state index contributed by atoms with van der Waals surface area (Å²) in [5.74, 6) is -0.151. The van der Waals surface area contributed by atoms with E-state index in [1.807, 2.05) is 56.3 Å². The Balaban J connectivity index is 1.77. The molecular weight excluding hydrogens is 527 g/mol. The van der Waals surface area contributed by atoms with E-state index in [4.69, 9.17) is 9.84 Å². The highest BCUT2D eigenvalue weighted by Gasteiger charge is 2.37. The van der Waals surface area contributed by atoms with E-state index in [-0.39, 0.29) is 35.2 Å². The normalized spacial score (nSPS) is 15.1. The molecule has 206 valence electrons. The maximum atomic E-state index is 13.9. The van der Waals surface area contributed by atoms with E-state index in [1.165, 1.54) is 28.8 Å². The third-order valence-electron chi connectivity index (χ3n) is 6.82. The smallest absolute Gasteiger partial charge is 0.240 e. The van der Waals surface area contributed by atoms with Gasteiger partial charge in [0.15, 0.2) is 0 Å². The van der Waals surface area contributed by atoms with Crippen LogP contribution < -0.4 is 10.2 Å². The van der Waals surface area contributed by atoms with Crippen molar-refractivity contribution >= 4 is 29.4 Å². The van der Waals surface area contributed by atoms with Gasteiger partial charge >= 0.3 is 0 Å². The Morgan fingerprint density at radius 2 is 1.85 bits per heavy atom. The van der Waals surface area contributed by atoms with Crippen LogP contribution in [-0.2, 0) is 14.3 Å². The van der Waals surface area contributed by atoms with E-state index in [0.717, 1.165) is 33.5 Å². The monoisotopic (exact) mass is 558 g/mol. The summed E-state index contributed by atoms with van der Waals surface area (Å²) < 4.78 is 20.8. The van der Waals surface area contributed by atoms with Gasteiger partial charge < -0.3 is 10.1 Å². The second kappa shape index (κ2) is 12.1. The highest BCUT2D eigenvalue weighted by atomic mass is 32.2. The van der Waals surface area contributed by atoms with Crippen molar-refractivity contribution in [2.75, 3.05) is 37.5 Å². The van der Waals surface area contributed by atoms with Crippen LogP contribution in [0.2, 0.25) is 0 Å². The number of amides is 2. The van der Waals surface area contributed by atoms with Gasteiger partial charge in [-0.2, -0.15) is 5.10 Å². The van der Waals surface area contributed by atoms with Gasteiger partial charge in [0.25, 0.3) is 0 Å². The topological polar surface area (TPSA) is 76.5 Å². The van der Waals surface area contributed by atoms with Crippen molar-refractivity contribution in [2.24, 2.45) is 0 Å². The number of hydrogen-bond donors (Lipinski definition) is 1. The summed E-state index contributed by atoms with van der Waals surface area (Å²) in [4.78, 5) is 28.3. The summed E-state index contributed by atoms with van der Waals surface area (Å²) in [7, 11) is 1.57. The van der Waals surface area contributed by atoms with Crippen LogP contribution in [0.5, 0.6) is 0 Å². The van der Waals surface area contributed by atoms with Gasteiger partial charge in [0, 0.05) is 24.8 Å². The van der Waals surface area contributed by atoms with Crippen molar-refractivity contribution in [3.63, 3.8) is 0 Å². The molecule has 4 aromatic rings. The zero-order valence-electron chi connectivity index (χ0n) is 22.7. The minimum atomic E-state index is -0.331. The van der Waals surface area contributed by atoms with Gasteiger partial charge in [0.1, 0.15) is 18.2 Å². The number of ether oxygens (including phenoxy) is 1. The number of fused-ring (bicyclic) bond motifs is 1. The molecular formula is C31H31FN4O3S. The minimum Gasteiger partial charge on any atom is -0.383 e. The Morgan fingerprint density at radius 3 is 2.55 bits per heavy atom. The zero-order valence-corrected chi connectivity index (χ0v) is 23.5. The summed E-state index contributed by atoms with van der Waals surface area (Å²) >= 11 is 1.45. The standard InChI is InChI=1S/C31H31FN4O3S/c1-20-9-14-25(21(2)17-20)36-31-28(29(34-36)22-7-5-4-6-8-22)30(23-10-12-24(32)13-11-23)40-19-27(38)35(31)18-26(37)33-15-16-39-3/h4-14,17,30H,15-16,18-19H2,1-3H3,(H,33,37)/t30-/m0/s1. The SMILES string of the molecule is COCCNC(=O)CN1C(=O)CS[C@@H](c2ccc(F)cc2)c2c(-c3ccccc3)nn(-c3ccc(C)cc3C)c21. The Bertz CT molecular complexity index is 1520. The highest BCUT2D eigenvalue weighted by Crippen LogP contribution is 2.48. The number of aromatic nitrogens is 2. The Kier molecular flexibility index (Phi) is 8.32. The number of aryl methyl sites for hydroxylation is 2. The van der Waals surface area contributed by atoms with Crippen LogP contribution in [0.3, 0.4) is 0 Å². The molecule has 9 heteroatoms. The molecule has 1 aliphatic heterocycles. The van der Waals surface area contributed by atoms with Gasteiger partial charge in [-0.05, 0) is 43.2 Å². The van der Waals surface area contributed by atoms with E-state index in [0.29, 0.717) is 24.7 Å². The van der Waals surface area contributed by atoms with E-state index in [9.17, 15) is 14.0 Å². The maximum Gasteiger partial charge on any atom is 0.240 e. The van der Waals surface area contributed by atoms with Gasteiger partial charge in [0.05, 0.1) is 29.0 Å². The summed E-state index contributed by atoms with van der Waals surface area (Å²) in [6.45, 7) is 4.56. The molecule has 5 rings (SSSR count). The number of hydrogen-bond acceptors (Lipinski definition) is 5. The Hall–Kier alpha value is -3.95. The van der Waals surface area contributed by atoms with Gasteiger partial charge in [-0.25, -0.2) is 9.07 Å². The Morgan fingerprint density at radius 1 is 1.10 bits per heavy atom. The average molecular weight is 559 g/mol. The molecule has 1 atom stereocenters. The van der Waals surface area contributed by atoms with Crippen LogP contribution in [0.4, 0.5) is 10.2 Å². The molecule has 40 heavy (non-hydrogen) atoms. The third kappa shape index (κ3) is 5.66. The fourth-order valence-electron chi connectivity index (χ4n) is 4.93. The van der Waals surface area contributed by atoms with Gasteiger partial charge in [-0.3, -0.25) is 14.5 Å². The zero-order chi connectivity index (χ0) is 28.2. The molecule has 7 nitrogen and oxygen atoms in total. The van der Waals surface area contributed by atoms with Crippen LogP contribution in [0.15, 0.2) is 72.8 Å². The molecule has 2 heterocycles. The van der Waals surface area contributed by atoms with Crippen molar-refractivity contribution in [3.8, 4) is 16.9 Å². The van der Waals surface area contributed by atoms with E-state index < -0.39 is 0 Å². The van der Waals surface area contributed by atoms with Gasteiger partial charge in [0.2, 0.25) is 11.8 Å². The first-order chi connectivity index (χ1) is 19.4.